The second-order valence-electron chi connectivity index (χ2n) is 6.65. The smallest absolute Gasteiger partial charge is 0.230 e. The zero-order valence-electron chi connectivity index (χ0n) is 11.4. The van der Waals surface area contributed by atoms with Crippen LogP contribution in [0.2, 0.25) is 0 Å². The van der Waals surface area contributed by atoms with Crippen LogP contribution in [0.15, 0.2) is 0 Å². The average Bonchev–Trinajstić information content (AvgIpc) is 2.22. The van der Waals surface area contributed by atoms with Crippen LogP contribution in [0.4, 0.5) is 0 Å². The van der Waals surface area contributed by atoms with Crippen molar-refractivity contribution in [2.45, 2.75) is 40.0 Å². The minimum atomic E-state index is -0.212. The topological polar surface area (TPSA) is 46.3 Å². The monoisotopic (exact) mass is 238 g/mol. The lowest BCUT2D eigenvalue weighted by atomic mass is 9.61. The van der Waals surface area contributed by atoms with Crippen LogP contribution in [0.3, 0.4) is 0 Å². The number of carbonyl (C=O) groups is 1. The van der Waals surface area contributed by atoms with Crippen molar-refractivity contribution in [1.82, 2.24) is 4.90 Å². The highest BCUT2D eigenvalue weighted by Gasteiger charge is 2.49. The minimum Gasteiger partial charge on any atom is -0.342 e. The van der Waals surface area contributed by atoms with E-state index in [4.69, 9.17) is 5.73 Å². The van der Waals surface area contributed by atoms with Crippen molar-refractivity contribution in [3.8, 4) is 0 Å². The van der Waals surface area contributed by atoms with E-state index in [0.717, 1.165) is 25.9 Å². The Morgan fingerprint density at radius 3 is 2.12 bits per heavy atom. The quantitative estimate of drug-likeness (QED) is 0.798. The number of piperidine rings is 1. The largest absolute Gasteiger partial charge is 0.342 e. The van der Waals surface area contributed by atoms with Crippen molar-refractivity contribution in [3.63, 3.8) is 0 Å². The predicted octanol–water partition coefficient (Wildman–Crippen LogP) is 1.87. The van der Waals surface area contributed by atoms with E-state index < -0.39 is 0 Å². The van der Waals surface area contributed by atoms with Gasteiger partial charge in [0.1, 0.15) is 0 Å². The van der Waals surface area contributed by atoms with Crippen LogP contribution < -0.4 is 5.73 Å². The molecule has 2 aliphatic rings. The lowest BCUT2D eigenvalue weighted by molar-refractivity contribution is -0.152. The molecule has 3 nitrogen and oxygen atoms in total. The SMILES string of the molecule is CC1CC(C)CN(C(=O)C2(CN)CC(C)C2)C1. The highest BCUT2D eigenvalue weighted by Crippen LogP contribution is 2.46. The number of hydrogen-bond donors (Lipinski definition) is 1. The van der Waals surface area contributed by atoms with Crippen LogP contribution in [-0.2, 0) is 4.79 Å². The van der Waals surface area contributed by atoms with Crippen molar-refractivity contribution in [2.75, 3.05) is 19.6 Å². The standard InChI is InChI=1S/C14H26N2O/c1-10-4-11(2)8-16(7-10)13(17)14(9-15)5-12(3)6-14/h10-12H,4-9,15H2,1-3H3. The number of rotatable bonds is 2. The zero-order valence-corrected chi connectivity index (χ0v) is 11.4. The predicted molar refractivity (Wildman–Crippen MR) is 69.4 cm³/mol. The fourth-order valence-electron chi connectivity index (χ4n) is 3.87. The molecule has 0 radical (unpaired) electrons. The van der Waals surface area contributed by atoms with Gasteiger partial charge in [-0.25, -0.2) is 0 Å². The first-order chi connectivity index (χ1) is 7.97. The lowest BCUT2D eigenvalue weighted by Crippen LogP contribution is -2.57. The van der Waals surface area contributed by atoms with Gasteiger partial charge in [-0.05, 0) is 37.0 Å². The van der Waals surface area contributed by atoms with Crippen molar-refractivity contribution in [3.05, 3.63) is 0 Å². The summed E-state index contributed by atoms with van der Waals surface area (Å²) in [4.78, 5) is 14.7. The molecule has 0 aromatic heterocycles. The van der Waals surface area contributed by atoms with Gasteiger partial charge in [-0.1, -0.05) is 20.8 Å². The van der Waals surface area contributed by atoms with E-state index in [9.17, 15) is 4.79 Å². The van der Waals surface area contributed by atoms with Crippen LogP contribution in [0.5, 0.6) is 0 Å². The van der Waals surface area contributed by atoms with E-state index in [1.54, 1.807) is 0 Å². The zero-order chi connectivity index (χ0) is 12.6. The molecule has 17 heavy (non-hydrogen) atoms. The molecule has 0 bridgehead atoms. The van der Waals surface area contributed by atoms with E-state index >= 15 is 0 Å². The summed E-state index contributed by atoms with van der Waals surface area (Å²) in [5, 5.41) is 0. The number of nitrogens with zero attached hydrogens (tertiary/aromatic N) is 1. The average molecular weight is 238 g/mol. The van der Waals surface area contributed by atoms with Crippen molar-refractivity contribution >= 4 is 5.91 Å². The van der Waals surface area contributed by atoms with Gasteiger partial charge < -0.3 is 10.6 Å². The van der Waals surface area contributed by atoms with Gasteiger partial charge in [0.05, 0.1) is 5.41 Å². The molecule has 0 spiro atoms. The molecule has 1 aliphatic heterocycles. The van der Waals surface area contributed by atoms with Gasteiger partial charge in [-0.3, -0.25) is 4.79 Å². The maximum atomic E-state index is 12.6. The second-order valence-corrected chi connectivity index (χ2v) is 6.65. The van der Waals surface area contributed by atoms with E-state index in [2.05, 4.69) is 25.7 Å². The molecule has 2 fully saturated rings. The molecule has 0 aromatic rings. The van der Waals surface area contributed by atoms with Crippen molar-refractivity contribution in [1.29, 1.82) is 0 Å². The Morgan fingerprint density at radius 1 is 1.18 bits per heavy atom. The van der Waals surface area contributed by atoms with Gasteiger partial charge in [0.15, 0.2) is 0 Å². The fourth-order valence-corrected chi connectivity index (χ4v) is 3.87. The Kier molecular flexibility index (Phi) is 3.48. The first-order valence-corrected chi connectivity index (χ1v) is 6.96. The molecule has 98 valence electrons. The molecule has 3 heteroatoms. The molecule has 1 saturated carbocycles. The summed E-state index contributed by atoms with van der Waals surface area (Å²) in [6.07, 6.45) is 3.22. The molecule has 2 N–H and O–H groups in total. The van der Waals surface area contributed by atoms with Crippen molar-refractivity contribution in [2.24, 2.45) is 28.9 Å². The minimum absolute atomic E-state index is 0.212. The third kappa shape index (κ3) is 2.35. The highest BCUT2D eigenvalue weighted by molar-refractivity contribution is 5.84. The van der Waals surface area contributed by atoms with Gasteiger partial charge in [0.25, 0.3) is 0 Å². The molecular formula is C14H26N2O. The van der Waals surface area contributed by atoms with E-state index in [-0.39, 0.29) is 5.41 Å². The molecule has 1 heterocycles. The molecule has 2 rings (SSSR count). The normalized spacial score (nSPS) is 42.1. The Labute approximate surface area is 105 Å². The van der Waals surface area contributed by atoms with Crippen LogP contribution in [0.1, 0.15) is 40.0 Å². The first-order valence-electron chi connectivity index (χ1n) is 6.96. The maximum Gasteiger partial charge on any atom is 0.230 e. The molecule has 1 saturated heterocycles. The van der Waals surface area contributed by atoms with Gasteiger partial charge >= 0.3 is 0 Å². The summed E-state index contributed by atoms with van der Waals surface area (Å²) in [7, 11) is 0. The molecule has 2 atom stereocenters. The third-order valence-corrected chi connectivity index (χ3v) is 4.48. The van der Waals surface area contributed by atoms with E-state index in [1.165, 1.54) is 6.42 Å². The number of nitrogens with two attached hydrogens (primary N) is 1. The molecule has 0 aromatic carbocycles. The summed E-state index contributed by atoms with van der Waals surface area (Å²) in [6, 6.07) is 0. The molecular weight excluding hydrogens is 212 g/mol. The van der Waals surface area contributed by atoms with E-state index in [1.807, 2.05) is 0 Å². The first kappa shape index (κ1) is 12.9. The molecule has 1 aliphatic carbocycles. The Morgan fingerprint density at radius 2 is 1.71 bits per heavy atom. The number of amides is 1. The van der Waals surface area contributed by atoms with Crippen LogP contribution in [0.25, 0.3) is 0 Å². The van der Waals surface area contributed by atoms with Crippen LogP contribution >= 0.6 is 0 Å². The van der Waals surface area contributed by atoms with Crippen LogP contribution in [-0.4, -0.2) is 30.4 Å². The third-order valence-electron chi connectivity index (χ3n) is 4.48. The molecule has 1 amide bonds. The van der Waals surface area contributed by atoms with E-state index in [0.29, 0.717) is 30.2 Å². The summed E-state index contributed by atoms with van der Waals surface area (Å²) < 4.78 is 0. The number of hydrogen-bond acceptors (Lipinski definition) is 2. The maximum absolute atomic E-state index is 12.6. The summed E-state index contributed by atoms with van der Waals surface area (Å²) in [5.41, 5.74) is 5.65. The lowest BCUT2D eigenvalue weighted by Gasteiger charge is -2.48. The Hall–Kier alpha value is -0.570. The van der Waals surface area contributed by atoms with Crippen LogP contribution in [0, 0.1) is 23.2 Å². The molecule has 2 unspecified atom stereocenters. The summed E-state index contributed by atoms with van der Waals surface area (Å²) in [6.45, 7) is 9.08. The second kappa shape index (κ2) is 4.60. The highest BCUT2D eigenvalue weighted by atomic mass is 16.2. The summed E-state index contributed by atoms with van der Waals surface area (Å²) in [5.74, 6) is 2.27. The Bertz CT molecular complexity index is 287. The van der Waals surface area contributed by atoms with Gasteiger partial charge in [-0.15, -0.1) is 0 Å². The fraction of sp³-hybridized carbons (Fsp3) is 0.929. The summed E-state index contributed by atoms with van der Waals surface area (Å²) >= 11 is 0. The Balaban J connectivity index is 2.04. The number of likely N-dealkylation sites (tertiary alicyclic amines) is 1. The van der Waals surface area contributed by atoms with Gasteiger partial charge in [0.2, 0.25) is 5.91 Å². The number of carbonyl (C=O) groups excluding carboxylic acids is 1. The van der Waals surface area contributed by atoms with Gasteiger partial charge in [-0.2, -0.15) is 0 Å². The van der Waals surface area contributed by atoms with Gasteiger partial charge in [0, 0.05) is 19.6 Å². The van der Waals surface area contributed by atoms with Crippen molar-refractivity contribution < 1.29 is 4.79 Å².